The molecule has 2 amide bonds. The van der Waals surface area contributed by atoms with E-state index in [9.17, 15) is 9.59 Å². The summed E-state index contributed by atoms with van der Waals surface area (Å²) in [5.74, 6) is 4.42. The number of rotatable bonds is 4. The zero-order chi connectivity index (χ0) is 21.1. The molecule has 0 unspecified atom stereocenters. The van der Waals surface area contributed by atoms with Crippen molar-refractivity contribution in [2.45, 2.75) is 0 Å². The van der Waals surface area contributed by atoms with Crippen LogP contribution in [0, 0.1) is 11.3 Å². The van der Waals surface area contributed by atoms with Gasteiger partial charge in [-0.05, 0) is 36.4 Å². The van der Waals surface area contributed by atoms with Crippen molar-refractivity contribution in [3.8, 4) is 17.3 Å². The molecule has 2 aromatic heterocycles. The number of carbonyl (C=O) groups excluding carboxylic acids is 2. The predicted molar refractivity (Wildman–Crippen MR) is 110 cm³/mol. The molecule has 30 heavy (non-hydrogen) atoms. The number of H-pyrrole nitrogens is 1. The van der Waals surface area contributed by atoms with Crippen molar-refractivity contribution in [1.82, 2.24) is 20.4 Å². The van der Waals surface area contributed by atoms with Gasteiger partial charge < -0.3 is 4.98 Å². The number of hydrazine groups is 1. The van der Waals surface area contributed by atoms with Crippen molar-refractivity contribution in [2.75, 3.05) is 5.32 Å². The zero-order valence-electron chi connectivity index (χ0n) is 15.5. The van der Waals surface area contributed by atoms with Crippen LogP contribution in [0.15, 0.2) is 60.7 Å². The van der Waals surface area contributed by atoms with Crippen molar-refractivity contribution >= 4 is 28.8 Å². The van der Waals surface area contributed by atoms with Gasteiger partial charge in [0.05, 0.1) is 28.4 Å². The minimum Gasteiger partial charge on any atom is -0.324 e. The molecule has 0 saturated heterocycles. The molecule has 4 aromatic rings. The quantitative estimate of drug-likeness (QED) is 0.236. The number of para-hydroxylation sites is 1. The Hall–Kier alpha value is -4.55. The molecule has 0 aliphatic carbocycles. The molecule has 0 aliphatic heterocycles. The van der Waals surface area contributed by atoms with Crippen LogP contribution in [0.4, 0.5) is 5.95 Å². The summed E-state index contributed by atoms with van der Waals surface area (Å²) in [4.78, 5) is 36.2. The summed E-state index contributed by atoms with van der Waals surface area (Å²) in [6.45, 7) is 0. The number of nitrogens with two attached hydrogens (primary N) is 1. The number of amides is 2. The molecule has 0 saturated carbocycles. The maximum absolute atomic E-state index is 12.7. The van der Waals surface area contributed by atoms with E-state index in [-0.39, 0.29) is 17.2 Å². The topological polar surface area (TPSA) is 150 Å². The predicted octanol–water partition coefficient (Wildman–Crippen LogP) is 2.35. The molecule has 0 atom stereocenters. The van der Waals surface area contributed by atoms with Gasteiger partial charge in [0.25, 0.3) is 11.8 Å². The van der Waals surface area contributed by atoms with E-state index < -0.39 is 11.8 Å². The van der Waals surface area contributed by atoms with Gasteiger partial charge >= 0.3 is 0 Å². The van der Waals surface area contributed by atoms with Gasteiger partial charge in [0.15, 0.2) is 0 Å². The minimum absolute atomic E-state index is 0.172. The van der Waals surface area contributed by atoms with Gasteiger partial charge in [-0.2, -0.15) is 5.26 Å². The Balaban J connectivity index is 1.62. The molecular weight excluding hydrogens is 382 g/mol. The number of anilines is 1. The summed E-state index contributed by atoms with van der Waals surface area (Å²) in [6.07, 6.45) is 0. The van der Waals surface area contributed by atoms with Crippen LogP contribution in [-0.4, -0.2) is 26.8 Å². The number of nitrogens with zero attached hydrogens (tertiary/aromatic N) is 3. The number of pyridine rings is 1. The zero-order valence-corrected chi connectivity index (χ0v) is 15.5. The van der Waals surface area contributed by atoms with Crippen LogP contribution in [0.25, 0.3) is 22.3 Å². The highest BCUT2D eigenvalue weighted by molar-refractivity contribution is 6.06. The molecule has 9 nitrogen and oxygen atoms in total. The number of fused-ring (bicyclic) bond motifs is 1. The second-order valence-corrected chi connectivity index (χ2v) is 6.32. The fourth-order valence-electron chi connectivity index (χ4n) is 2.99. The summed E-state index contributed by atoms with van der Waals surface area (Å²) < 4.78 is 0. The van der Waals surface area contributed by atoms with E-state index in [0.29, 0.717) is 22.3 Å². The van der Waals surface area contributed by atoms with Crippen LogP contribution < -0.4 is 16.6 Å². The standard InChI is InChI=1S/C21H15N7O2/c22-11-12-4-1-5-13(10-12)15-7-3-9-17(24-15)20(30)27-21-25-16-8-2-6-14(18(16)26-21)19(29)28-23/h1-10H,23H2,(H,28,29)(H2,25,26,27,30). The molecule has 9 heteroatoms. The van der Waals surface area contributed by atoms with Crippen LogP contribution in [0.1, 0.15) is 26.4 Å². The van der Waals surface area contributed by atoms with Gasteiger partial charge in [-0.15, -0.1) is 0 Å². The van der Waals surface area contributed by atoms with E-state index in [2.05, 4.69) is 31.8 Å². The van der Waals surface area contributed by atoms with E-state index >= 15 is 0 Å². The summed E-state index contributed by atoms with van der Waals surface area (Å²) in [6, 6.07) is 19.1. The Bertz CT molecular complexity index is 1320. The molecule has 0 fully saturated rings. The van der Waals surface area contributed by atoms with Gasteiger partial charge in [-0.25, -0.2) is 15.8 Å². The molecule has 5 N–H and O–H groups in total. The first kappa shape index (κ1) is 18.8. The second-order valence-electron chi connectivity index (χ2n) is 6.32. The molecule has 0 spiro atoms. The number of hydrogen-bond donors (Lipinski definition) is 4. The number of nitrogen functional groups attached to an aromatic ring is 1. The number of hydrogen-bond acceptors (Lipinski definition) is 6. The van der Waals surface area contributed by atoms with Crippen molar-refractivity contribution in [3.63, 3.8) is 0 Å². The highest BCUT2D eigenvalue weighted by Gasteiger charge is 2.15. The van der Waals surface area contributed by atoms with E-state index in [4.69, 9.17) is 11.1 Å². The number of imidazole rings is 1. The average Bonchev–Trinajstić information content (AvgIpc) is 3.21. The molecule has 4 rings (SSSR count). The lowest BCUT2D eigenvalue weighted by atomic mass is 10.1. The molecule has 2 aromatic carbocycles. The smallest absolute Gasteiger partial charge is 0.276 e. The van der Waals surface area contributed by atoms with E-state index in [1.807, 2.05) is 6.07 Å². The Morgan fingerprint density at radius 1 is 1.00 bits per heavy atom. The highest BCUT2D eigenvalue weighted by atomic mass is 16.2. The largest absolute Gasteiger partial charge is 0.324 e. The van der Waals surface area contributed by atoms with Gasteiger partial charge in [0, 0.05) is 5.56 Å². The lowest BCUT2D eigenvalue weighted by molar-refractivity contribution is 0.0954. The fraction of sp³-hybridized carbons (Fsp3) is 0. The number of aromatic nitrogens is 3. The Kier molecular flexibility index (Phi) is 4.90. The first-order valence-electron chi connectivity index (χ1n) is 8.87. The van der Waals surface area contributed by atoms with Gasteiger partial charge in [-0.1, -0.05) is 24.3 Å². The first-order valence-corrected chi connectivity index (χ1v) is 8.87. The Labute approximate surface area is 170 Å². The normalized spacial score (nSPS) is 10.4. The maximum atomic E-state index is 12.7. The second kappa shape index (κ2) is 7.83. The average molecular weight is 397 g/mol. The van der Waals surface area contributed by atoms with Crippen LogP contribution in [-0.2, 0) is 0 Å². The molecule has 0 radical (unpaired) electrons. The molecule has 2 heterocycles. The Morgan fingerprint density at radius 2 is 1.80 bits per heavy atom. The monoisotopic (exact) mass is 397 g/mol. The molecule has 0 aliphatic rings. The summed E-state index contributed by atoms with van der Waals surface area (Å²) in [5, 5.41) is 11.7. The summed E-state index contributed by atoms with van der Waals surface area (Å²) in [7, 11) is 0. The number of carbonyl (C=O) groups is 2. The number of aromatic amines is 1. The van der Waals surface area contributed by atoms with Crippen LogP contribution in [0.5, 0.6) is 0 Å². The maximum Gasteiger partial charge on any atom is 0.276 e. The fourth-order valence-corrected chi connectivity index (χ4v) is 2.99. The van der Waals surface area contributed by atoms with Gasteiger partial charge in [0.1, 0.15) is 11.2 Å². The number of nitriles is 1. The molecule has 0 bridgehead atoms. The molecule has 146 valence electrons. The van der Waals surface area contributed by atoms with Crippen LogP contribution in [0.3, 0.4) is 0 Å². The first-order chi connectivity index (χ1) is 14.6. The number of benzene rings is 2. The van der Waals surface area contributed by atoms with Crippen LogP contribution >= 0.6 is 0 Å². The summed E-state index contributed by atoms with van der Waals surface area (Å²) in [5.41, 5.74) is 5.27. The third-order valence-electron chi connectivity index (χ3n) is 4.39. The van der Waals surface area contributed by atoms with E-state index in [1.54, 1.807) is 54.6 Å². The van der Waals surface area contributed by atoms with Crippen molar-refractivity contribution in [1.29, 1.82) is 5.26 Å². The number of nitrogens with one attached hydrogen (secondary N) is 3. The van der Waals surface area contributed by atoms with Gasteiger partial charge in [0.2, 0.25) is 5.95 Å². The van der Waals surface area contributed by atoms with Crippen molar-refractivity contribution < 1.29 is 9.59 Å². The van der Waals surface area contributed by atoms with Crippen molar-refractivity contribution in [2.24, 2.45) is 5.84 Å². The van der Waals surface area contributed by atoms with Crippen molar-refractivity contribution in [3.05, 3.63) is 77.5 Å². The highest BCUT2D eigenvalue weighted by Crippen LogP contribution is 2.21. The van der Waals surface area contributed by atoms with E-state index in [1.165, 1.54) is 0 Å². The third-order valence-corrected chi connectivity index (χ3v) is 4.39. The Morgan fingerprint density at radius 3 is 2.60 bits per heavy atom. The van der Waals surface area contributed by atoms with Gasteiger partial charge in [-0.3, -0.25) is 20.3 Å². The molecular formula is C21H15N7O2. The lowest BCUT2D eigenvalue weighted by Gasteiger charge is -2.05. The third kappa shape index (κ3) is 3.58. The van der Waals surface area contributed by atoms with Crippen LogP contribution in [0.2, 0.25) is 0 Å². The minimum atomic E-state index is -0.487. The SMILES string of the molecule is N#Cc1cccc(-c2cccc(C(=O)Nc3nc4c(C(=O)NN)cccc4[nH]3)n2)c1. The lowest BCUT2D eigenvalue weighted by Crippen LogP contribution is -2.30. The summed E-state index contributed by atoms with van der Waals surface area (Å²) >= 11 is 0. The van der Waals surface area contributed by atoms with E-state index in [0.717, 1.165) is 5.56 Å².